The van der Waals surface area contributed by atoms with Gasteiger partial charge in [0.25, 0.3) is 0 Å². The summed E-state index contributed by atoms with van der Waals surface area (Å²) < 4.78 is 10.7. The van der Waals surface area contributed by atoms with Crippen LogP contribution in [-0.4, -0.2) is 52.2 Å². The molecule has 3 rings (SSSR count). The zero-order valence-electron chi connectivity index (χ0n) is 26.0. The summed E-state index contributed by atoms with van der Waals surface area (Å²) in [6.07, 6.45) is 6.58. The van der Waals surface area contributed by atoms with Gasteiger partial charge in [0.2, 0.25) is 11.8 Å². The van der Waals surface area contributed by atoms with Crippen molar-refractivity contribution < 1.29 is 28.7 Å². The molecule has 0 saturated heterocycles. The van der Waals surface area contributed by atoms with Crippen LogP contribution in [-0.2, 0) is 19.1 Å². The van der Waals surface area contributed by atoms with Crippen LogP contribution in [0, 0.1) is 19.8 Å². The molecule has 1 heterocycles. The highest BCUT2D eigenvalue weighted by Crippen LogP contribution is 2.26. The number of hydrogen-bond acceptors (Lipinski definition) is 8. The largest absolute Gasteiger partial charge is 0.493 e. The van der Waals surface area contributed by atoms with Crippen molar-refractivity contribution in [1.29, 1.82) is 0 Å². The van der Waals surface area contributed by atoms with Gasteiger partial charge in [0.1, 0.15) is 11.5 Å². The fourth-order valence-corrected chi connectivity index (χ4v) is 3.96. The van der Waals surface area contributed by atoms with Crippen LogP contribution in [0.5, 0.6) is 5.75 Å². The van der Waals surface area contributed by atoms with E-state index in [1.165, 1.54) is 38.4 Å². The first kappa shape index (κ1) is 35.9. The highest BCUT2D eigenvalue weighted by molar-refractivity contribution is 6.34. The van der Waals surface area contributed by atoms with Gasteiger partial charge >= 0.3 is 5.97 Å². The van der Waals surface area contributed by atoms with Crippen molar-refractivity contribution in [3.63, 3.8) is 0 Å². The van der Waals surface area contributed by atoms with Crippen LogP contribution < -0.4 is 15.4 Å². The standard InChI is InChI=1S/C23H27ClN2O4.C9H15N3O2/c1-14-7-10-21(15(2)12-14)30-11-5-6-22(28)25-18-8-9-19(24)20(13-18)26-23(29)16(3)17(4)27;1-2-3-4-5-6-14-9(13)8-7-10-12-11-8/h7-10,12-13,16H,5-6,11H2,1-4H3,(H,25,28)(H,26,29);7H,2-6H2,1H3,(H,10,11,12). The number of nitrogens with one attached hydrogen (secondary N) is 3. The number of aromatic amines is 1. The third-order valence-electron chi connectivity index (χ3n) is 6.50. The Hall–Kier alpha value is -4.25. The fourth-order valence-electron chi connectivity index (χ4n) is 3.79. The number of aromatic nitrogens is 3. The van der Waals surface area contributed by atoms with E-state index >= 15 is 0 Å². The van der Waals surface area contributed by atoms with Gasteiger partial charge in [-0.3, -0.25) is 14.4 Å². The molecule has 3 N–H and O–H groups in total. The predicted octanol–water partition coefficient (Wildman–Crippen LogP) is 6.46. The second kappa shape index (κ2) is 19.1. The number of halogens is 1. The molecule has 1 aromatic heterocycles. The van der Waals surface area contributed by atoms with E-state index in [0.29, 0.717) is 36.0 Å². The molecule has 238 valence electrons. The Morgan fingerprint density at radius 1 is 0.977 bits per heavy atom. The average Bonchev–Trinajstić information content (AvgIpc) is 3.53. The Balaban J connectivity index is 0.000000402. The molecule has 12 heteroatoms. The zero-order valence-corrected chi connectivity index (χ0v) is 26.8. The molecular formula is C32H42ClN5O6. The molecule has 44 heavy (non-hydrogen) atoms. The number of carbonyl (C=O) groups excluding carboxylic acids is 4. The maximum atomic E-state index is 12.2. The summed E-state index contributed by atoms with van der Waals surface area (Å²) >= 11 is 6.12. The first-order valence-electron chi connectivity index (χ1n) is 14.7. The Morgan fingerprint density at radius 2 is 1.75 bits per heavy atom. The summed E-state index contributed by atoms with van der Waals surface area (Å²) in [4.78, 5) is 46.9. The Labute approximate surface area is 263 Å². The summed E-state index contributed by atoms with van der Waals surface area (Å²) in [6, 6.07) is 10.8. The smallest absolute Gasteiger partial charge is 0.360 e. The van der Waals surface area contributed by atoms with E-state index in [2.05, 4.69) is 39.0 Å². The van der Waals surface area contributed by atoms with E-state index in [9.17, 15) is 19.2 Å². The van der Waals surface area contributed by atoms with Gasteiger partial charge in [-0.1, -0.05) is 55.5 Å². The second-order valence-corrected chi connectivity index (χ2v) is 10.7. The van der Waals surface area contributed by atoms with Crippen molar-refractivity contribution in [3.05, 3.63) is 64.4 Å². The molecule has 0 aliphatic heterocycles. The molecule has 0 saturated carbocycles. The van der Waals surface area contributed by atoms with Crippen molar-refractivity contribution in [2.75, 3.05) is 23.8 Å². The molecule has 0 aliphatic carbocycles. The van der Waals surface area contributed by atoms with Crippen LogP contribution in [0.1, 0.15) is 80.9 Å². The number of aryl methyl sites for hydroxylation is 2. The third-order valence-corrected chi connectivity index (χ3v) is 6.83. The molecular weight excluding hydrogens is 586 g/mol. The van der Waals surface area contributed by atoms with Crippen molar-refractivity contribution in [3.8, 4) is 5.75 Å². The van der Waals surface area contributed by atoms with Gasteiger partial charge in [0.15, 0.2) is 5.69 Å². The summed E-state index contributed by atoms with van der Waals surface area (Å²) in [6.45, 7) is 9.93. The van der Waals surface area contributed by atoms with Crippen molar-refractivity contribution in [2.24, 2.45) is 5.92 Å². The molecule has 0 spiro atoms. The molecule has 2 amide bonds. The van der Waals surface area contributed by atoms with Gasteiger partial charge < -0.3 is 20.1 Å². The van der Waals surface area contributed by atoms with Crippen LogP contribution in [0.3, 0.4) is 0 Å². The highest BCUT2D eigenvalue weighted by atomic mass is 35.5. The molecule has 0 fully saturated rings. The van der Waals surface area contributed by atoms with Crippen LogP contribution in [0.25, 0.3) is 0 Å². The van der Waals surface area contributed by atoms with E-state index < -0.39 is 17.8 Å². The van der Waals surface area contributed by atoms with Crippen LogP contribution in [0.2, 0.25) is 5.02 Å². The number of carbonyl (C=O) groups is 4. The fraction of sp³-hybridized carbons (Fsp3) is 0.438. The van der Waals surface area contributed by atoms with Crippen LogP contribution >= 0.6 is 11.6 Å². The molecule has 1 unspecified atom stereocenters. The SMILES string of the molecule is CC(=O)C(C)C(=O)Nc1cc(NC(=O)CCCOc2ccc(C)cc2C)ccc1Cl.CCCCCCOC(=O)c1cn[nH]n1. The van der Waals surface area contributed by atoms with Crippen molar-refractivity contribution in [1.82, 2.24) is 15.4 Å². The number of amides is 2. The van der Waals surface area contributed by atoms with E-state index in [4.69, 9.17) is 21.1 Å². The van der Waals surface area contributed by atoms with Gasteiger partial charge in [-0.2, -0.15) is 10.3 Å². The van der Waals surface area contributed by atoms with Gasteiger partial charge in [0.05, 0.1) is 36.0 Å². The number of esters is 1. The van der Waals surface area contributed by atoms with Crippen LogP contribution in [0.4, 0.5) is 11.4 Å². The number of benzene rings is 2. The number of ether oxygens (including phenoxy) is 2. The lowest BCUT2D eigenvalue weighted by Crippen LogP contribution is -2.25. The zero-order chi connectivity index (χ0) is 32.5. The predicted molar refractivity (Wildman–Crippen MR) is 170 cm³/mol. The van der Waals surface area contributed by atoms with Gasteiger partial charge in [0, 0.05) is 12.1 Å². The number of H-pyrrole nitrogens is 1. The quantitative estimate of drug-likeness (QED) is 0.0986. The van der Waals surface area contributed by atoms with Crippen molar-refractivity contribution in [2.45, 2.75) is 73.1 Å². The summed E-state index contributed by atoms with van der Waals surface area (Å²) in [5.41, 5.74) is 3.32. The molecule has 3 aromatic rings. The number of nitrogens with zero attached hydrogens (tertiary/aromatic N) is 2. The lowest BCUT2D eigenvalue weighted by atomic mass is 10.1. The van der Waals surface area contributed by atoms with Gasteiger partial charge in [-0.05, 0) is 70.4 Å². The maximum absolute atomic E-state index is 12.2. The minimum absolute atomic E-state index is 0.170. The van der Waals surface area contributed by atoms with E-state index in [0.717, 1.165) is 24.2 Å². The minimum Gasteiger partial charge on any atom is -0.493 e. The van der Waals surface area contributed by atoms with Gasteiger partial charge in [-0.15, -0.1) is 5.10 Å². The first-order valence-corrected chi connectivity index (χ1v) is 15.0. The second-order valence-electron chi connectivity index (χ2n) is 10.3. The first-order chi connectivity index (χ1) is 21.0. The molecule has 0 radical (unpaired) electrons. The Kier molecular flexibility index (Phi) is 15.6. The van der Waals surface area contributed by atoms with E-state index in [1.807, 2.05) is 26.0 Å². The number of rotatable bonds is 15. The van der Waals surface area contributed by atoms with E-state index in [-0.39, 0.29) is 23.8 Å². The summed E-state index contributed by atoms with van der Waals surface area (Å²) in [5.74, 6) is -1.23. The maximum Gasteiger partial charge on any atom is 0.360 e. The third kappa shape index (κ3) is 12.9. The average molecular weight is 628 g/mol. The molecule has 0 aliphatic rings. The number of anilines is 2. The lowest BCUT2D eigenvalue weighted by Gasteiger charge is -2.13. The summed E-state index contributed by atoms with van der Waals surface area (Å²) in [5, 5.41) is 15.2. The minimum atomic E-state index is -0.781. The Bertz CT molecular complexity index is 1380. The molecule has 0 bridgehead atoms. The number of unbranched alkanes of at least 4 members (excludes halogenated alkanes) is 3. The molecule has 11 nitrogen and oxygen atoms in total. The monoisotopic (exact) mass is 627 g/mol. The number of hydrogen-bond donors (Lipinski definition) is 3. The van der Waals surface area contributed by atoms with E-state index in [1.54, 1.807) is 18.2 Å². The number of Topliss-reactive ketones (excluding diaryl/α,β-unsaturated/α-hetero) is 1. The Morgan fingerprint density at radius 3 is 2.41 bits per heavy atom. The topological polar surface area (TPSA) is 152 Å². The van der Waals surface area contributed by atoms with Gasteiger partial charge in [-0.25, -0.2) is 4.79 Å². The molecule has 2 aromatic carbocycles. The lowest BCUT2D eigenvalue weighted by molar-refractivity contribution is -0.129. The van der Waals surface area contributed by atoms with Crippen LogP contribution in [0.15, 0.2) is 42.6 Å². The number of ketones is 1. The highest BCUT2D eigenvalue weighted by Gasteiger charge is 2.19. The van der Waals surface area contributed by atoms with Crippen molar-refractivity contribution >= 4 is 46.5 Å². The molecule has 1 atom stereocenters. The summed E-state index contributed by atoms with van der Waals surface area (Å²) in [7, 11) is 0. The normalized spacial score (nSPS) is 11.0.